The highest BCUT2D eigenvalue weighted by Crippen LogP contribution is 2.19. The molecule has 2 aromatic rings. The van der Waals surface area contributed by atoms with Crippen LogP contribution < -0.4 is 5.32 Å². The molecule has 2 rings (SSSR count). The molecule has 90 valence electrons. The zero-order valence-corrected chi connectivity index (χ0v) is 9.52. The summed E-state index contributed by atoms with van der Waals surface area (Å²) in [5, 5.41) is 2.47. The largest absolute Gasteiger partial charge is 0.468 e. The fourth-order valence-electron chi connectivity index (χ4n) is 1.58. The Morgan fingerprint density at radius 2 is 2.29 bits per heavy atom. The van der Waals surface area contributed by atoms with Crippen molar-refractivity contribution in [3.05, 3.63) is 24.1 Å². The first kappa shape index (κ1) is 11.3. The van der Waals surface area contributed by atoms with Crippen molar-refractivity contribution in [2.75, 3.05) is 13.7 Å². The summed E-state index contributed by atoms with van der Waals surface area (Å²) in [6, 6.07) is 3.40. The number of ether oxygens (including phenoxy) is 1. The minimum Gasteiger partial charge on any atom is -0.468 e. The molecular formula is C11H12N2O4. The first-order chi connectivity index (χ1) is 8.13. The van der Waals surface area contributed by atoms with E-state index in [-0.39, 0.29) is 12.5 Å². The van der Waals surface area contributed by atoms with Gasteiger partial charge in [0.2, 0.25) is 0 Å². The van der Waals surface area contributed by atoms with Gasteiger partial charge in [-0.05, 0) is 0 Å². The standard InChI is InChI=1S/C11H12N2O4/c1-13-7-3-4-17-9(7)5-8(13)11(15)12-6-10(14)16-2/h3-5H,6H2,1-2H3,(H,12,15). The summed E-state index contributed by atoms with van der Waals surface area (Å²) in [5.74, 6) is -0.833. The second-order valence-electron chi connectivity index (χ2n) is 3.52. The highest BCUT2D eigenvalue weighted by atomic mass is 16.5. The maximum absolute atomic E-state index is 11.8. The maximum atomic E-state index is 11.8. The normalized spacial score (nSPS) is 10.5. The van der Waals surface area contributed by atoms with Crippen LogP contribution in [0.1, 0.15) is 10.5 Å². The van der Waals surface area contributed by atoms with Gasteiger partial charge in [-0.3, -0.25) is 9.59 Å². The molecule has 2 aromatic heterocycles. The van der Waals surface area contributed by atoms with Gasteiger partial charge in [0.15, 0.2) is 5.58 Å². The van der Waals surface area contributed by atoms with E-state index < -0.39 is 5.97 Å². The Bertz CT molecular complexity index is 567. The lowest BCUT2D eigenvalue weighted by molar-refractivity contribution is -0.139. The van der Waals surface area contributed by atoms with Crippen LogP contribution in [0, 0.1) is 0 Å². The topological polar surface area (TPSA) is 73.5 Å². The van der Waals surface area contributed by atoms with Crippen molar-refractivity contribution in [3.63, 3.8) is 0 Å². The van der Waals surface area contributed by atoms with E-state index in [4.69, 9.17) is 4.42 Å². The average Bonchev–Trinajstić information content (AvgIpc) is 2.89. The third-order valence-corrected chi connectivity index (χ3v) is 2.52. The fourth-order valence-corrected chi connectivity index (χ4v) is 1.58. The molecule has 0 atom stereocenters. The molecule has 0 aliphatic rings. The van der Waals surface area contributed by atoms with Crippen molar-refractivity contribution in [3.8, 4) is 0 Å². The number of amides is 1. The molecule has 0 saturated heterocycles. The van der Waals surface area contributed by atoms with Crippen LogP contribution in [0.25, 0.3) is 11.1 Å². The number of furan rings is 1. The van der Waals surface area contributed by atoms with Crippen LogP contribution in [0.5, 0.6) is 0 Å². The number of rotatable bonds is 3. The van der Waals surface area contributed by atoms with Gasteiger partial charge in [-0.1, -0.05) is 0 Å². The molecule has 0 aliphatic heterocycles. The molecule has 0 fully saturated rings. The van der Waals surface area contributed by atoms with Crippen LogP contribution >= 0.6 is 0 Å². The summed E-state index contributed by atoms with van der Waals surface area (Å²) in [6.07, 6.45) is 1.56. The minimum absolute atomic E-state index is 0.151. The molecule has 6 heteroatoms. The van der Waals surface area contributed by atoms with Crippen LogP contribution in [0.3, 0.4) is 0 Å². The minimum atomic E-state index is -0.490. The average molecular weight is 236 g/mol. The lowest BCUT2D eigenvalue weighted by Gasteiger charge is -2.04. The number of carbonyl (C=O) groups is 2. The molecule has 0 unspecified atom stereocenters. The summed E-state index contributed by atoms with van der Waals surface area (Å²) < 4.78 is 11.3. The summed E-state index contributed by atoms with van der Waals surface area (Å²) >= 11 is 0. The maximum Gasteiger partial charge on any atom is 0.325 e. The molecule has 0 saturated carbocycles. The van der Waals surface area contributed by atoms with Crippen molar-refractivity contribution in [1.29, 1.82) is 0 Å². The monoisotopic (exact) mass is 236 g/mol. The van der Waals surface area contributed by atoms with E-state index in [9.17, 15) is 9.59 Å². The molecule has 1 amide bonds. The van der Waals surface area contributed by atoms with Crippen LogP contribution in [0.2, 0.25) is 0 Å². The van der Waals surface area contributed by atoms with Crippen LogP contribution in [-0.4, -0.2) is 30.1 Å². The Labute approximate surface area is 97.1 Å². The van der Waals surface area contributed by atoms with Gasteiger partial charge in [0, 0.05) is 19.2 Å². The number of esters is 1. The Morgan fingerprint density at radius 3 is 2.94 bits per heavy atom. The van der Waals surface area contributed by atoms with Crippen molar-refractivity contribution in [1.82, 2.24) is 9.88 Å². The zero-order chi connectivity index (χ0) is 12.4. The van der Waals surface area contributed by atoms with Crippen molar-refractivity contribution in [2.45, 2.75) is 0 Å². The molecule has 0 bridgehead atoms. The number of hydrogen-bond acceptors (Lipinski definition) is 4. The van der Waals surface area contributed by atoms with Crippen LogP contribution in [-0.2, 0) is 16.6 Å². The quantitative estimate of drug-likeness (QED) is 0.795. The van der Waals surface area contributed by atoms with Gasteiger partial charge >= 0.3 is 5.97 Å². The third kappa shape index (κ3) is 2.01. The second kappa shape index (κ2) is 4.32. The molecule has 17 heavy (non-hydrogen) atoms. The van der Waals surface area contributed by atoms with Gasteiger partial charge in [-0.15, -0.1) is 0 Å². The molecule has 6 nitrogen and oxygen atoms in total. The lowest BCUT2D eigenvalue weighted by atomic mass is 10.4. The van der Waals surface area contributed by atoms with Crippen molar-refractivity contribution in [2.24, 2.45) is 7.05 Å². The van der Waals surface area contributed by atoms with Crippen molar-refractivity contribution >= 4 is 23.0 Å². The number of nitrogens with zero attached hydrogens (tertiary/aromatic N) is 1. The molecule has 1 N–H and O–H groups in total. The SMILES string of the molecule is COC(=O)CNC(=O)c1cc2occc2n1C. The Balaban J connectivity index is 2.16. The number of fused-ring (bicyclic) bond motifs is 1. The van der Waals surface area contributed by atoms with E-state index in [1.165, 1.54) is 7.11 Å². The number of methoxy groups -OCH3 is 1. The van der Waals surface area contributed by atoms with Gasteiger partial charge in [-0.25, -0.2) is 0 Å². The predicted molar refractivity (Wildman–Crippen MR) is 59.5 cm³/mol. The Morgan fingerprint density at radius 1 is 1.53 bits per heavy atom. The van der Waals surface area contributed by atoms with E-state index in [1.807, 2.05) is 0 Å². The van der Waals surface area contributed by atoms with Gasteiger partial charge in [0.1, 0.15) is 12.2 Å². The van der Waals surface area contributed by atoms with E-state index in [1.54, 1.807) is 30.0 Å². The second-order valence-corrected chi connectivity index (χ2v) is 3.52. The molecule has 0 aliphatic carbocycles. The smallest absolute Gasteiger partial charge is 0.325 e. The van der Waals surface area contributed by atoms with E-state index >= 15 is 0 Å². The fraction of sp³-hybridized carbons (Fsp3) is 0.273. The van der Waals surface area contributed by atoms with Gasteiger partial charge in [-0.2, -0.15) is 0 Å². The van der Waals surface area contributed by atoms with Crippen molar-refractivity contribution < 1.29 is 18.7 Å². The predicted octanol–water partition coefficient (Wildman–Crippen LogP) is 0.674. The molecule has 0 radical (unpaired) electrons. The number of aryl methyl sites for hydroxylation is 1. The van der Waals surface area contributed by atoms with E-state index in [0.29, 0.717) is 11.3 Å². The van der Waals surface area contributed by atoms with Gasteiger partial charge in [0.25, 0.3) is 5.91 Å². The summed E-state index contributed by atoms with van der Waals surface area (Å²) in [6.45, 7) is -0.151. The first-order valence-electron chi connectivity index (χ1n) is 5.01. The third-order valence-electron chi connectivity index (χ3n) is 2.52. The summed E-state index contributed by atoms with van der Waals surface area (Å²) in [7, 11) is 3.02. The highest BCUT2D eigenvalue weighted by Gasteiger charge is 2.15. The van der Waals surface area contributed by atoms with E-state index in [0.717, 1.165) is 5.52 Å². The van der Waals surface area contributed by atoms with Gasteiger partial charge in [0.05, 0.1) is 18.9 Å². The molecule has 2 heterocycles. The number of nitrogens with one attached hydrogen (secondary N) is 1. The van der Waals surface area contributed by atoms with Gasteiger partial charge < -0.3 is 19.0 Å². The molecular weight excluding hydrogens is 224 g/mol. The summed E-state index contributed by atoms with van der Waals surface area (Å²) in [4.78, 5) is 22.7. The molecule has 0 aromatic carbocycles. The van der Waals surface area contributed by atoms with Crippen LogP contribution in [0.4, 0.5) is 0 Å². The first-order valence-corrected chi connectivity index (χ1v) is 5.01. The number of carbonyl (C=O) groups excluding carboxylic acids is 2. The summed E-state index contributed by atoms with van der Waals surface area (Å²) in [5.41, 5.74) is 1.90. The Hall–Kier alpha value is -2.24. The molecule has 0 spiro atoms. The Kier molecular flexibility index (Phi) is 2.86. The number of aromatic nitrogens is 1. The number of hydrogen-bond donors (Lipinski definition) is 1. The van der Waals surface area contributed by atoms with Crippen LogP contribution in [0.15, 0.2) is 22.8 Å². The van der Waals surface area contributed by atoms with E-state index in [2.05, 4.69) is 10.1 Å². The highest BCUT2D eigenvalue weighted by molar-refractivity contribution is 5.98. The zero-order valence-electron chi connectivity index (χ0n) is 9.52. The lowest BCUT2D eigenvalue weighted by Crippen LogP contribution is -2.31.